The van der Waals surface area contributed by atoms with E-state index in [0.29, 0.717) is 15.7 Å². The van der Waals surface area contributed by atoms with Gasteiger partial charge in [-0.05, 0) is 60.7 Å². The van der Waals surface area contributed by atoms with Crippen LogP contribution in [0.4, 0.5) is 0 Å². The van der Waals surface area contributed by atoms with Crippen LogP contribution in [-0.4, -0.2) is 46.1 Å². The summed E-state index contributed by atoms with van der Waals surface area (Å²) in [6.45, 7) is -0.0911. The molecule has 9 nitrogen and oxygen atoms in total. The van der Waals surface area contributed by atoms with Gasteiger partial charge in [0.15, 0.2) is 0 Å². The molecular weight excluding hydrogens is 499 g/mol. The number of benzene rings is 2. The van der Waals surface area contributed by atoms with E-state index in [4.69, 9.17) is 32.7 Å². The summed E-state index contributed by atoms with van der Waals surface area (Å²) in [5.74, 6) is -4.78. The Morgan fingerprint density at radius 1 is 0.800 bits per heavy atom. The van der Waals surface area contributed by atoms with Gasteiger partial charge < -0.3 is 19.9 Å². The number of hydrogen-bond donors (Lipinski definition) is 2. The van der Waals surface area contributed by atoms with E-state index in [1.807, 2.05) is 0 Å². The lowest BCUT2D eigenvalue weighted by atomic mass is 10.1. The summed E-state index contributed by atoms with van der Waals surface area (Å²) in [6.07, 6.45) is -2.66. The van der Waals surface area contributed by atoms with Gasteiger partial charge in [0.05, 0.1) is 23.4 Å². The molecule has 3 aromatic rings. The van der Waals surface area contributed by atoms with Crippen molar-refractivity contribution in [3.05, 3.63) is 99.8 Å². The maximum atomic E-state index is 12.9. The highest BCUT2D eigenvalue weighted by atomic mass is 35.5. The molecule has 1 aromatic heterocycles. The Labute approximate surface area is 209 Å². The van der Waals surface area contributed by atoms with Crippen molar-refractivity contribution in [1.82, 2.24) is 10.3 Å². The number of rotatable bonds is 9. The number of carboxylic acids is 1. The lowest BCUT2D eigenvalue weighted by Gasteiger charge is -2.23. The van der Waals surface area contributed by atoms with Crippen molar-refractivity contribution in [2.75, 3.05) is 0 Å². The van der Waals surface area contributed by atoms with Gasteiger partial charge in [-0.2, -0.15) is 0 Å². The van der Waals surface area contributed by atoms with Crippen LogP contribution in [0.3, 0.4) is 0 Å². The fourth-order valence-corrected chi connectivity index (χ4v) is 3.07. The molecule has 180 valence electrons. The number of pyridine rings is 1. The van der Waals surface area contributed by atoms with E-state index < -0.39 is 36.0 Å². The van der Waals surface area contributed by atoms with Gasteiger partial charge in [0, 0.05) is 16.2 Å². The first kappa shape index (κ1) is 25.7. The Kier molecular flexibility index (Phi) is 8.77. The third-order valence-electron chi connectivity index (χ3n) is 4.57. The molecule has 0 saturated carbocycles. The van der Waals surface area contributed by atoms with E-state index in [1.54, 1.807) is 18.2 Å². The Morgan fingerprint density at radius 3 is 1.77 bits per heavy atom. The van der Waals surface area contributed by atoms with Crippen LogP contribution in [0.1, 0.15) is 26.4 Å². The molecule has 0 unspecified atom stereocenters. The molecule has 0 aliphatic rings. The van der Waals surface area contributed by atoms with E-state index in [1.165, 1.54) is 54.7 Å². The smallest absolute Gasteiger partial charge is 0.349 e. The fourth-order valence-electron chi connectivity index (χ4n) is 2.81. The molecule has 2 aromatic carbocycles. The first-order chi connectivity index (χ1) is 16.7. The van der Waals surface area contributed by atoms with Crippen LogP contribution in [0.25, 0.3) is 0 Å². The lowest BCUT2D eigenvalue weighted by Crippen LogP contribution is -2.50. The van der Waals surface area contributed by atoms with Crippen LogP contribution >= 0.6 is 23.2 Å². The van der Waals surface area contributed by atoms with Gasteiger partial charge in [-0.25, -0.2) is 14.4 Å². The highest BCUT2D eigenvalue weighted by molar-refractivity contribution is 6.31. The molecule has 0 radical (unpaired) electrons. The van der Waals surface area contributed by atoms with Crippen molar-refractivity contribution in [3.8, 4) is 0 Å². The lowest BCUT2D eigenvalue weighted by molar-refractivity contribution is -0.159. The predicted molar refractivity (Wildman–Crippen MR) is 125 cm³/mol. The van der Waals surface area contributed by atoms with Crippen LogP contribution in [0, 0.1) is 0 Å². The number of amides is 1. The number of ether oxygens (including phenoxy) is 2. The number of aromatic nitrogens is 1. The number of nitrogens with one attached hydrogen (secondary N) is 1. The Balaban J connectivity index is 1.85. The number of halogens is 2. The monoisotopic (exact) mass is 516 g/mol. The van der Waals surface area contributed by atoms with E-state index in [9.17, 15) is 24.3 Å². The zero-order valence-electron chi connectivity index (χ0n) is 17.9. The SMILES string of the molecule is O=C(O[C@H](C(=O)NCc1ccccn1)[C@@H](OC(=O)c1ccc(Cl)cc1)C(=O)O)c1ccc(Cl)cc1. The summed E-state index contributed by atoms with van der Waals surface area (Å²) in [5, 5.41) is 12.9. The molecule has 0 saturated heterocycles. The molecule has 1 heterocycles. The summed E-state index contributed by atoms with van der Waals surface area (Å²) < 4.78 is 10.3. The van der Waals surface area contributed by atoms with Crippen LogP contribution in [-0.2, 0) is 25.6 Å². The van der Waals surface area contributed by atoms with Gasteiger partial charge >= 0.3 is 17.9 Å². The average molecular weight is 517 g/mol. The second kappa shape index (κ2) is 12.0. The van der Waals surface area contributed by atoms with Gasteiger partial charge in [0.2, 0.25) is 12.2 Å². The highest BCUT2D eigenvalue weighted by Gasteiger charge is 2.40. The summed E-state index contributed by atoms with van der Waals surface area (Å²) in [7, 11) is 0. The number of carboxylic acid groups (broad SMARTS) is 1. The quantitative estimate of drug-likeness (QED) is 0.412. The van der Waals surface area contributed by atoms with Crippen molar-refractivity contribution < 1.29 is 33.8 Å². The molecule has 2 atom stereocenters. The Morgan fingerprint density at radius 2 is 1.31 bits per heavy atom. The van der Waals surface area contributed by atoms with Gasteiger partial charge in [-0.3, -0.25) is 9.78 Å². The Hall–Kier alpha value is -3.95. The second-order valence-electron chi connectivity index (χ2n) is 7.04. The zero-order chi connectivity index (χ0) is 25.4. The Bertz CT molecular complexity index is 1200. The second-order valence-corrected chi connectivity index (χ2v) is 7.92. The normalized spacial score (nSPS) is 12.2. The fraction of sp³-hybridized carbons (Fsp3) is 0.125. The van der Waals surface area contributed by atoms with E-state index >= 15 is 0 Å². The largest absolute Gasteiger partial charge is 0.478 e. The molecule has 0 aliphatic carbocycles. The first-order valence-electron chi connectivity index (χ1n) is 10.1. The van der Waals surface area contributed by atoms with Crippen molar-refractivity contribution in [1.29, 1.82) is 0 Å². The molecular formula is C24H18Cl2N2O7. The maximum absolute atomic E-state index is 12.9. The standard InChI is InChI=1S/C24H18Cl2N2O7/c25-16-8-4-14(5-9-16)23(32)34-19(21(29)28-13-18-3-1-2-12-27-18)20(22(30)31)35-24(33)15-6-10-17(26)11-7-15/h1-12,19-20H,13H2,(H,28,29)(H,30,31)/t19-,20+/m0/s1. The van der Waals surface area contributed by atoms with Crippen molar-refractivity contribution in [3.63, 3.8) is 0 Å². The minimum Gasteiger partial charge on any atom is -0.478 e. The summed E-state index contributed by atoms with van der Waals surface area (Å²) in [5.41, 5.74) is 0.455. The summed E-state index contributed by atoms with van der Waals surface area (Å²) in [4.78, 5) is 54.2. The number of hydrogen-bond acceptors (Lipinski definition) is 7. The molecule has 11 heteroatoms. The maximum Gasteiger partial charge on any atom is 0.349 e. The number of carbonyl (C=O) groups is 4. The molecule has 0 bridgehead atoms. The van der Waals surface area contributed by atoms with Crippen LogP contribution in [0.15, 0.2) is 72.9 Å². The average Bonchev–Trinajstić information content (AvgIpc) is 2.85. The summed E-state index contributed by atoms with van der Waals surface area (Å²) in [6, 6.07) is 16.0. The number of esters is 2. The third kappa shape index (κ3) is 7.26. The molecule has 0 aliphatic heterocycles. The van der Waals surface area contributed by atoms with Crippen molar-refractivity contribution in [2.24, 2.45) is 0 Å². The van der Waals surface area contributed by atoms with E-state index in [0.717, 1.165) is 0 Å². The van der Waals surface area contributed by atoms with Gasteiger partial charge in [-0.1, -0.05) is 29.3 Å². The van der Waals surface area contributed by atoms with Gasteiger partial charge in [0.1, 0.15) is 0 Å². The number of nitrogens with zero attached hydrogens (tertiary/aromatic N) is 1. The van der Waals surface area contributed by atoms with Crippen LogP contribution in [0.5, 0.6) is 0 Å². The predicted octanol–water partition coefficient (Wildman–Crippen LogP) is 3.54. The zero-order valence-corrected chi connectivity index (χ0v) is 19.4. The van der Waals surface area contributed by atoms with Gasteiger partial charge in [-0.15, -0.1) is 0 Å². The minimum absolute atomic E-state index is 0.00472. The molecule has 2 N–H and O–H groups in total. The highest BCUT2D eigenvalue weighted by Crippen LogP contribution is 2.16. The van der Waals surface area contributed by atoms with Gasteiger partial charge in [0.25, 0.3) is 5.91 Å². The third-order valence-corrected chi connectivity index (χ3v) is 5.08. The molecule has 35 heavy (non-hydrogen) atoms. The van der Waals surface area contributed by atoms with Crippen LogP contribution in [0.2, 0.25) is 10.0 Å². The molecule has 3 rings (SSSR count). The molecule has 0 spiro atoms. The van der Waals surface area contributed by atoms with Crippen molar-refractivity contribution in [2.45, 2.75) is 18.8 Å². The van der Waals surface area contributed by atoms with E-state index in [-0.39, 0.29) is 17.7 Å². The topological polar surface area (TPSA) is 132 Å². The first-order valence-corrected chi connectivity index (χ1v) is 10.8. The van der Waals surface area contributed by atoms with E-state index in [2.05, 4.69) is 10.3 Å². The molecule has 1 amide bonds. The molecule has 0 fully saturated rings. The summed E-state index contributed by atoms with van der Waals surface area (Å²) >= 11 is 11.6. The number of aliphatic carboxylic acids is 1. The van der Waals surface area contributed by atoms with Crippen LogP contribution < -0.4 is 5.32 Å². The van der Waals surface area contributed by atoms with Crippen molar-refractivity contribution >= 4 is 47.0 Å². The number of carbonyl (C=O) groups excluding carboxylic acids is 3. The minimum atomic E-state index is -2.15.